The van der Waals surface area contributed by atoms with Gasteiger partial charge in [-0.15, -0.1) is 0 Å². The van der Waals surface area contributed by atoms with Crippen molar-refractivity contribution in [2.45, 2.75) is 27.7 Å². The van der Waals surface area contributed by atoms with E-state index in [1.165, 1.54) is 11.1 Å². The fourth-order valence-electron chi connectivity index (χ4n) is 4.33. The molecule has 0 radical (unpaired) electrons. The van der Waals surface area contributed by atoms with Crippen molar-refractivity contribution in [1.29, 1.82) is 5.41 Å². The van der Waals surface area contributed by atoms with Crippen molar-refractivity contribution in [3.63, 3.8) is 0 Å². The van der Waals surface area contributed by atoms with E-state index < -0.39 is 11.7 Å². The molecule has 1 aromatic heterocycles. The monoisotopic (exact) mass is 471 g/mol. The lowest BCUT2D eigenvalue weighted by Gasteiger charge is -2.20. The van der Waals surface area contributed by atoms with Crippen molar-refractivity contribution in [2.75, 3.05) is 0 Å². The molecule has 5 rings (SSSR count). The van der Waals surface area contributed by atoms with Crippen LogP contribution in [0.5, 0.6) is 0 Å². The number of fused-ring (bicyclic) bond motifs is 1. The zero-order chi connectivity index (χ0) is 24.1. The summed E-state index contributed by atoms with van der Waals surface area (Å²) in [6, 6.07) is 14.5. The van der Waals surface area contributed by atoms with Crippen molar-refractivity contribution in [2.24, 2.45) is 10.1 Å². The summed E-state index contributed by atoms with van der Waals surface area (Å²) in [5.41, 5.74) is 6.69. The third kappa shape index (κ3) is 3.51. The van der Waals surface area contributed by atoms with E-state index in [4.69, 9.17) is 5.41 Å². The van der Waals surface area contributed by atoms with Crippen molar-refractivity contribution in [3.8, 4) is 5.69 Å². The van der Waals surface area contributed by atoms with Gasteiger partial charge in [0.2, 0.25) is 5.17 Å². The quantitative estimate of drug-likeness (QED) is 0.512. The Labute approximate surface area is 201 Å². The van der Waals surface area contributed by atoms with Crippen molar-refractivity contribution in [1.82, 2.24) is 9.58 Å². The Morgan fingerprint density at radius 3 is 2.44 bits per heavy atom. The van der Waals surface area contributed by atoms with E-state index >= 15 is 0 Å². The smallest absolute Gasteiger partial charge is 0.283 e. The molecule has 0 aliphatic carbocycles. The van der Waals surface area contributed by atoms with Crippen LogP contribution in [-0.4, -0.2) is 31.5 Å². The van der Waals surface area contributed by atoms with Gasteiger partial charge in [-0.25, -0.2) is 4.39 Å². The molecule has 34 heavy (non-hydrogen) atoms. The molecule has 0 saturated heterocycles. The summed E-state index contributed by atoms with van der Waals surface area (Å²) < 4.78 is 16.4. The Balaban J connectivity index is 1.55. The second-order valence-electron chi connectivity index (χ2n) is 8.31. The Bertz CT molecular complexity index is 1460. The van der Waals surface area contributed by atoms with E-state index in [2.05, 4.69) is 40.6 Å². The number of rotatable bonds is 3. The van der Waals surface area contributed by atoms with Gasteiger partial charge in [-0.05, 0) is 80.4 Å². The zero-order valence-corrected chi connectivity index (χ0v) is 20.0. The van der Waals surface area contributed by atoms with Crippen molar-refractivity contribution < 1.29 is 9.18 Å². The largest absolute Gasteiger partial charge is 0.317 e. The number of hydrogen-bond donors (Lipinski definition) is 1. The fraction of sp³-hybridized carbons (Fsp3) is 0.154. The first kappa shape index (κ1) is 22.0. The Morgan fingerprint density at radius 2 is 1.74 bits per heavy atom. The summed E-state index contributed by atoms with van der Waals surface area (Å²) in [6.07, 6.45) is 1.69. The second-order valence-corrected chi connectivity index (χ2v) is 9.26. The fourth-order valence-corrected chi connectivity index (χ4v) is 5.25. The number of benzene rings is 2. The van der Waals surface area contributed by atoms with Crippen LogP contribution in [0.1, 0.15) is 33.6 Å². The SMILES string of the molecule is Cc1cccc(C)c1-n1c(C)cc(C=C2C(=N)N3N=C(c4ccccc4F)SC3=NC2=O)c1C. The average Bonchev–Trinajstić information content (AvgIpc) is 3.33. The van der Waals surface area contributed by atoms with Crippen molar-refractivity contribution in [3.05, 3.63) is 93.6 Å². The number of aromatic nitrogens is 1. The normalized spacial score (nSPS) is 16.7. The predicted octanol–water partition coefficient (Wildman–Crippen LogP) is 5.52. The highest BCUT2D eigenvalue weighted by Crippen LogP contribution is 2.33. The molecule has 0 bridgehead atoms. The third-order valence-corrected chi connectivity index (χ3v) is 6.93. The maximum Gasteiger partial charge on any atom is 0.283 e. The number of hydrogen-bond acceptors (Lipinski definition) is 4. The molecular formula is C26H22FN5OS. The average molecular weight is 472 g/mol. The van der Waals surface area contributed by atoms with Gasteiger partial charge in [0.25, 0.3) is 5.91 Å². The zero-order valence-electron chi connectivity index (χ0n) is 19.2. The number of para-hydroxylation sites is 1. The van der Waals surface area contributed by atoms with E-state index in [1.54, 1.807) is 24.3 Å². The first-order valence-corrected chi connectivity index (χ1v) is 11.6. The maximum absolute atomic E-state index is 14.3. The van der Waals surface area contributed by atoms with Crippen LogP contribution in [0, 0.1) is 38.9 Å². The van der Waals surface area contributed by atoms with Gasteiger partial charge in [0, 0.05) is 17.0 Å². The lowest BCUT2D eigenvalue weighted by molar-refractivity contribution is -0.114. The van der Waals surface area contributed by atoms with E-state index in [1.807, 2.05) is 26.0 Å². The van der Waals surface area contributed by atoms with Crippen LogP contribution >= 0.6 is 11.8 Å². The van der Waals surface area contributed by atoms with Gasteiger partial charge in [-0.2, -0.15) is 15.1 Å². The molecular weight excluding hydrogens is 449 g/mol. The molecule has 1 amide bonds. The summed E-state index contributed by atoms with van der Waals surface area (Å²) >= 11 is 1.08. The number of aryl methyl sites for hydroxylation is 3. The molecule has 3 heterocycles. The van der Waals surface area contributed by atoms with Gasteiger partial charge in [0.05, 0.1) is 11.3 Å². The number of nitrogens with one attached hydrogen (secondary N) is 1. The number of aliphatic imine (C=N–C) groups is 1. The minimum atomic E-state index is -0.509. The number of nitrogens with zero attached hydrogens (tertiary/aromatic N) is 4. The number of halogens is 1. The summed E-state index contributed by atoms with van der Waals surface area (Å²) in [7, 11) is 0. The molecule has 2 aromatic carbocycles. The Kier molecular flexibility index (Phi) is 5.32. The second kappa shape index (κ2) is 8.22. The summed E-state index contributed by atoms with van der Waals surface area (Å²) in [5, 5.41) is 15.0. The molecule has 0 spiro atoms. The summed E-state index contributed by atoms with van der Waals surface area (Å²) in [5.74, 6) is -1.00. The lowest BCUT2D eigenvalue weighted by Crippen LogP contribution is -2.35. The first-order valence-electron chi connectivity index (χ1n) is 10.8. The summed E-state index contributed by atoms with van der Waals surface area (Å²) in [4.78, 5) is 17.0. The minimum absolute atomic E-state index is 0.0780. The maximum atomic E-state index is 14.3. The minimum Gasteiger partial charge on any atom is -0.317 e. The third-order valence-electron chi connectivity index (χ3n) is 5.99. The Morgan fingerprint density at radius 1 is 1.03 bits per heavy atom. The van der Waals surface area contributed by atoms with E-state index in [0.29, 0.717) is 10.6 Å². The highest BCUT2D eigenvalue weighted by molar-refractivity contribution is 8.27. The molecule has 6 nitrogen and oxygen atoms in total. The number of amidine groups is 2. The van der Waals surface area contributed by atoms with Crippen LogP contribution < -0.4 is 0 Å². The predicted molar refractivity (Wildman–Crippen MR) is 135 cm³/mol. The highest BCUT2D eigenvalue weighted by Gasteiger charge is 2.36. The molecule has 170 valence electrons. The molecule has 3 aromatic rings. The molecule has 2 aliphatic rings. The Hall–Kier alpha value is -3.78. The number of hydrazone groups is 1. The standard InChI is InChI=1S/C26H22FN5OS/c1-14-8-7-9-15(2)22(14)31-16(3)12-18(17(31)4)13-20-23(28)32-26(29-24(20)33)34-25(30-32)19-10-5-6-11-21(19)27/h5-13,28H,1-4H3. The molecule has 0 saturated carbocycles. The van der Waals surface area contributed by atoms with E-state index in [0.717, 1.165) is 45.5 Å². The summed E-state index contributed by atoms with van der Waals surface area (Å²) in [6.45, 7) is 8.17. The molecule has 8 heteroatoms. The van der Waals surface area contributed by atoms with Gasteiger partial charge in [-0.1, -0.05) is 30.3 Å². The van der Waals surface area contributed by atoms with Crippen LogP contribution in [0.2, 0.25) is 0 Å². The van der Waals surface area contributed by atoms with Crippen molar-refractivity contribution >= 4 is 39.8 Å². The number of carbonyl (C=O) groups excluding carboxylic acids is 1. The number of carbonyl (C=O) groups is 1. The topological polar surface area (TPSA) is 73.8 Å². The molecule has 0 atom stereocenters. The number of amides is 1. The molecule has 2 aliphatic heterocycles. The van der Waals surface area contributed by atoms with Gasteiger partial charge >= 0.3 is 0 Å². The van der Waals surface area contributed by atoms with Crippen LogP contribution in [0.15, 0.2) is 64.2 Å². The van der Waals surface area contributed by atoms with Gasteiger partial charge in [-0.3, -0.25) is 10.2 Å². The lowest BCUT2D eigenvalue weighted by atomic mass is 10.1. The van der Waals surface area contributed by atoms with Gasteiger partial charge in [0.1, 0.15) is 10.9 Å². The highest BCUT2D eigenvalue weighted by atomic mass is 32.2. The van der Waals surface area contributed by atoms with Gasteiger partial charge < -0.3 is 4.57 Å². The van der Waals surface area contributed by atoms with Crippen LogP contribution in [-0.2, 0) is 4.79 Å². The van der Waals surface area contributed by atoms with E-state index in [9.17, 15) is 9.18 Å². The number of thioether (sulfide) groups is 1. The van der Waals surface area contributed by atoms with Crippen LogP contribution in [0.3, 0.4) is 0 Å². The molecule has 0 unspecified atom stereocenters. The van der Waals surface area contributed by atoms with Crippen LogP contribution in [0.4, 0.5) is 4.39 Å². The molecule has 1 N–H and O–H groups in total. The first-order chi connectivity index (χ1) is 16.3. The van der Waals surface area contributed by atoms with Crippen LogP contribution in [0.25, 0.3) is 11.8 Å². The van der Waals surface area contributed by atoms with E-state index in [-0.39, 0.29) is 16.6 Å². The molecule has 0 fully saturated rings. The van der Waals surface area contributed by atoms with Gasteiger partial charge in [0.15, 0.2) is 5.84 Å².